The van der Waals surface area contributed by atoms with Crippen LogP contribution in [0.15, 0.2) is 85.2 Å². The number of aromatic nitrogens is 2. The Balaban J connectivity index is 1.63. The molecule has 2 atom stereocenters. The Hall–Kier alpha value is -4.21. The molecule has 9 heteroatoms. The van der Waals surface area contributed by atoms with E-state index in [0.717, 1.165) is 22.8 Å². The average molecular weight is 528 g/mol. The van der Waals surface area contributed by atoms with E-state index in [2.05, 4.69) is 68.5 Å². The van der Waals surface area contributed by atoms with E-state index in [0.29, 0.717) is 16.5 Å². The molecule has 1 saturated heterocycles. The molecule has 2 aromatic carbocycles. The second-order valence-corrected chi connectivity index (χ2v) is 9.39. The number of carbonyl (C=O) groups excluding carboxylic acids is 1. The van der Waals surface area contributed by atoms with Crippen molar-refractivity contribution in [3.63, 3.8) is 0 Å². The molecule has 194 valence electrons. The monoisotopic (exact) mass is 527 g/mol. The fraction of sp³-hybridized carbons (Fsp3) is 0.207. The van der Waals surface area contributed by atoms with E-state index < -0.39 is 0 Å². The van der Waals surface area contributed by atoms with Crippen molar-refractivity contribution < 1.29 is 14.3 Å². The van der Waals surface area contributed by atoms with Gasteiger partial charge in [0.2, 0.25) is 5.91 Å². The molecule has 0 bridgehead atoms. The summed E-state index contributed by atoms with van der Waals surface area (Å²) in [7, 11) is 3.05. The molecule has 3 heterocycles. The lowest BCUT2D eigenvalue weighted by molar-refractivity contribution is -0.119. The number of anilines is 2. The van der Waals surface area contributed by atoms with Crippen molar-refractivity contribution in [2.24, 2.45) is 0 Å². The number of nitrogens with zero attached hydrogens (tertiary/aromatic N) is 3. The number of rotatable bonds is 8. The predicted molar refractivity (Wildman–Crippen MR) is 152 cm³/mol. The average Bonchev–Trinajstić information content (AvgIpc) is 3.53. The van der Waals surface area contributed by atoms with Crippen LogP contribution in [0.3, 0.4) is 0 Å². The fourth-order valence-electron chi connectivity index (χ4n) is 4.84. The van der Waals surface area contributed by atoms with Gasteiger partial charge in [0, 0.05) is 36.6 Å². The highest BCUT2D eigenvalue weighted by Gasteiger charge is 2.42. The van der Waals surface area contributed by atoms with Gasteiger partial charge in [0.15, 0.2) is 5.11 Å². The van der Waals surface area contributed by atoms with E-state index in [9.17, 15) is 4.79 Å². The van der Waals surface area contributed by atoms with Crippen molar-refractivity contribution in [3.05, 3.63) is 102 Å². The molecule has 0 unspecified atom stereocenters. The summed E-state index contributed by atoms with van der Waals surface area (Å²) in [6.45, 7) is 2.02. The minimum absolute atomic E-state index is 0.0640. The van der Waals surface area contributed by atoms with Crippen LogP contribution in [-0.4, -0.2) is 41.4 Å². The van der Waals surface area contributed by atoms with Crippen molar-refractivity contribution in [2.45, 2.75) is 19.0 Å². The van der Waals surface area contributed by atoms with Gasteiger partial charge < -0.3 is 29.6 Å². The molecule has 8 nitrogen and oxygen atoms in total. The molecule has 2 N–H and O–H groups in total. The van der Waals surface area contributed by atoms with Gasteiger partial charge in [-0.05, 0) is 79.3 Å². The Kier molecular flexibility index (Phi) is 7.39. The lowest BCUT2D eigenvalue weighted by Crippen LogP contribution is -2.30. The number of hydrogen-bond donors (Lipinski definition) is 2. The zero-order chi connectivity index (χ0) is 26.6. The molecule has 0 radical (unpaired) electrons. The SMILES string of the molecule is COCC(=O)Nc1cc(N2C(=S)N[C@@H](c3ccccn3)[C@H]2c2cccn2-c2cccc(C)c2)ccc1OC. The van der Waals surface area contributed by atoms with Gasteiger partial charge in [-0.25, -0.2) is 0 Å². The highest BCUT2D eigenvalue weighted by atomic mass is 32.1. The van der Waals surface area contributed by atoms with Gasteiger partial charge in [0.25, 0.3) is 0 Å². The van der Waals surface area contributed by atoms with Crippen LogP contribution in [0.25, 0.3) is 5.69 Å². The van der Waals surface area contributed by atoms with Gasteiger partial charge in [-0.3, -0.25) is 9.78 Å². The first kappa shape index (κ1) is 25.4. The smallest absolute Gasteiger partial charge is 0.250 e. The van der Waals surface area contributed by atoms with Crippen molar-refractivity contribution in [3.8, 4) is 11.4 Å². The number of aryl methyl sites for hydroxylation is 1. The molecule has 1 aliphatic heterocycles. The van der Waals surface area contributed by atoms with Crippen LogP contribution in [0.2, 0.25) is 0 Å². The van der Waals surface area contributed by atoms with E-state index in [4.69, 9.17) is 21.7 Å². The summed E-state index contributed by atoms with van der Waals surface area (Å²) in [5, 5.41) is 6.94. The van der Waals surface area contributed by atoms with Crippen LogP contribution >= 0.6 is 12.2 Å². The maximum Gasteiger partial charge on any atom is 0.250 e. The lowest BCUT2D eigenvalue weighted by Gasteiger charge is -2.29. The summed E-state index contributed by atoms with van der Waals surface area (Å²) in [6, 6.07) is 23.6. The number of ether oxygens (including phenoxy) is 2. The summed E-state index contributed by atoms with van der Waals surface area (Å²) in [4.78, 5) is 19.1. The van der Waals surface area contributed by atoms with Gasteiger partial charge in [-0.15, -0.1) is 0 Å². The van der Waals surface area contributed by atoms with E-state index in [1.807, 2.05) is 42.5 Å². The number of carbonyl (C=O) groups is 1. The van der Waals surface area contributed by atoms with Crippen LogP contribution in [0.5, 0.6) is 5.75 Å². The lowest BCUT2D eigenvalue weighted by atomic mass is 10.0. The molecule has 0 spiro atoms. The Morgan fingerprint density at radius 2 is 1.92 bits per heavy atom. The zero-order valence-electron chi connectivity index (χ0n) is 21.4. The number of pyridine rings is 1. The number of hydrogen-bond acceptors (Lipinski definition) is 5. The largest absolute Gasteiger partial charge is 0.495 e. The third-order valence-corrected chi connectivity index (χ3v) is 6.79. The van der Waals surface area contributed by atoms with Crippen LogP contribution in [-0.2, 0) is 9.53 Å². The molecule has 0 saturated carbocycles. The summed E-state index contributed by atoms with van der Waals surface area (Å²) in [6.07, 6.45) is 3.85. The fourth-order valence-corrected chi connectivity index (χ4v) is 5.19. The van der Waals surface area contributed by atoms with E-state index >= 15 is 0 Å². The van der Waals surface area contributed by atoms with Crippen molar-refractivity contribution in [1.29, 1.82) is 0 Å². The molecule has 0 aliphatic carbocycles. The van der Waals surface area contributed by atoms with Gasteiger partial charge in [-0.2, -0.15) is 0 Å². The van der Waals surface area contributed by atoms with Gasteiger partial charge in [0.1, 0.15) is 18.4 Å². The summed E-state index contributed by atoms with van der Waals surface area (Å²) >= 11 is 5.90. The number of nitrogens with one attached hydrogen (secondary N) is 2. The number of methoxy groups -OCH3 is 2. The maximum absolute atomic E-state index is 12.3. The van der Waals surface area contributed by atoms with E-state index in [1.165, 1.54) is 12.7 Å². The van der Waals surface area contributed by atoms with Crippen LogP contribution < -0.4 is 20.3 Å². The second-order valence-electron chi connectivity index (χ2n) is 9.00. The Morgan fingerprint density at radius 3 is 2.66 bits per heavy atom. The van der Waals surface area contributed by atoms with E-state index in [1.54, 1.807) is 13.3 Å². The summed E-state index contributed by atoms with van der Waals surface area (Å²) in [5.41, 5.74) is 5.48. The minimum atomic E-state index is -0.277. The Morgan fingerprint density at radius 1 is 1.05 bits per heavy atom. The topological polar surface area (TPSA) is 80.7 Å². The van der Waals surface area contributed by atoms with Crippen molar-refractivity contribution in [2.75, 3.05) is 31.0 Å². The molecule has 5 rings (SSSR count). The third kappa shape index (κ3) is 4.98. The molecule has 38 heavy (non-hydrogen) atoms. The van der Waals surface area contributed by atoms with Crippen LogP contribution in [0, 0.1) is 6.92 Å². The first-order chi connectivity index (χ1) is 18.5. The highest BCUT2D eigenvalue weighted by Crippen LogP contribution is 2.43. The molecule has 1 amide bonds. The Labute approximate surface area is 227 Å². The van der Waals surface area contributed by atoms with E-state index in [-0.39, 0.29) is 24.6 Å². The first-order valence-electron chi connectivity index (χ1n) is 12.2. The van der Waals surface area contributed by atoms with Crippen molar-refractivity contribution in [1.82, 2.24) is 14.9 Å². The zero-order valence-corrected chi connectivity index (χ0v) is 22.2. The summed E-state index contributed by atoms with van der Waals surface area (Å²) < 4.78 is 12.7. The molecular weight excluding hydrogens is 498 g/mol. The predicted octanol–water partition coefficient (Wildman–Crippen LogP) is 4.95. The third-order valence-electron chi connectivity index (χ3n) is 6.47. The van der Waals surface area contributed by atoms with Gasteiger partial charge in [-0.1, -0.05) is 18.2 Å². The normalized spacial score (nSPS) is 16.8. The van der Waals surface area contributed by atoms with Crippen molar-refractivity contribution >= 4 is 34.6 Å². The Bertz CT molecular complexity index is 1460. The molecule has 1 fully saturated rings. The van der Waals surface area contributed by atoms with Crippen LogP contribution in [0.1, 0.15) is 29.0 Å². The quantitative estimate of drug-likeness (QED) is 0.314. The van der Waals surface area contributed by atoms with Gasteiger partial charge >= 0.3 is 0 Å². The second kappa shape index (κ2) is 11.0. The highest BCUT2D eigenvalue weighted by molar-refractivity contribution is 7.80. The molecule has 2 aromatic heterocycles. The first-order valence-corrected chi connectivity index (χ1v) is 12.6. The number of thiocarbonyl (C=S) groups is 1. The van der Waals surface area contributed by atoms with Gasteiger partial charge in [0.05, 0.1) is 24.5 Å². The number of amides is 1. The standard InChI is InChI=1S/C29H29N5O3S/c1-19-8-6-9-20(16-19)33-15-7-11-24(33)28-27(22-10-4-5-14-30-22)32-29(38)34(28)21-12-13-25(37-3)23(17-21)31-26(35)18-36-2/h4-17,27-28H,18H2,1-3H3,(H,31,35)(H,32,38)/t27-,28+/m0/s1. The minimum Gasteiger partial charge on any atom is -0.495 e. The van der Waals surface area contributed by atoms with Crippen LogP contribution in [0.4, 0.5) is 11.4 Å². The maximum atomic E-state index is 12.3. The molecule has 4 aromatic rings. The summed E-state index contributed by atoms with van der Waals surface area (Å²) in [5.74, 6) is 0.263. The molecular formula is C29H29N5O3S. The number of benzene rings is 2. The molecule has 1 aliphatic rings.